The molecule has 1 amide bonds. The molecule has 0 aromatic heterocycles. The van der Waals surface area contributed by atoms with Crippen molar-refractivity contribution in [3.05, 3.63) is 0 Å². The van der Waals surface area contributed by atoms with E-state index in [1.165, 1.54) is 0 Å². The van der Waals surface area contributed by atoms with Crippen LogP contribution in [0.4, 0.5) is 0 Å². The molecule has 1 saturated heterocycles. The van der Waals surface area contributed by atoms with Gasteiger partial charge < -0.3 is 15.7 Å². The number of carbonyl (C=O) groups is 1. The third-order valence-electron chi connectivity index (χ3n) is 2.64. The molecule has 0 aromatic carbocycles. The van der Waals surface area contributed by atoms with Crippen molar-refractivity contribution in [2.24, 2.45) is 5.73 Å². The van der Waals surface area contributed by atoms with Gasteiger partial charge in [0, 0.05) is 12.6 Å². The first-order valence-electron chi connectivity index (χ1n) is 4.78. The summed E-state index contributed by atoms with van der Waals surface area (Å²) in [6.45, 7) is 4.34. The van der Waals surface area contributed by atoms with Crippen LogP contribution in [0.15, 0.2) is 0 Å². The zero-order valence-electron chi connectivity index (χ0n) is 8.23. The van der Waals surface area contributed by atoms with Gasteiger partial charge in [-0.1, -0.05) is 0 Å². The predicted molar refractivity (Wildman–Crippen MR) is 50.1 cm³/mol. The Hall–Kier alpha value is -0.610. The van der Waals surface area contributed by atoms with E-state index in [1.54, 1.807) is 11.8 Å². The maximum absolute atomic E-state index is 11.6. The minimum atomic E-state index is -0.764. The Kier molecular flexibility index (Phi) is 3.27. The number of likely N-dealkylation sites (tertiary alicyclic amines) is 1. The van der Waals surface area contributed by atoms with Gasteiger partial charge in [0.25, 0.3) is 0 Å². The first-order chi connectivity index (χ1) is 6.04. The minimum absolute atomic E-state index is 0.125. The lowest BCUT2D eigenvalue weighted by Gasteiger charge is -2.25. The highest BCUT2D eigenvalue weighted by molar-refractivity contribution is 5.82. The second kappa shape index (κ2) is 4.07. The number of hydrogen-bond acceptors (Lipinski definition) is 3. The molecule has 3 unspecified atom stereocenters. The van der Waals surface area contributed by atoms with E-state index in [9.17, 15) is 4.79 Å². The molecule has 0 radical (unpaired) electrons. The lowest BCUT2D eigenvalue weighted by Crippen LogP contribution is -2.50. The van der Waals surface area contributed by atoms with Crippen LogP contribution >= 0.6 is 0 Å². The highest BCUT2D eigenvalue weighted by atomic mass is 16.3. The summed E-state index contributed by atoms with van der Waals surface area (Å²) in [7, 11) is 0. The van der Waals surface area contributed by atoms with E-state index >= 15 is 0 Å². The first kappa shape index (κ1) is 10.5. The van der Waals surface area contributed by atoms with Gasteiger partial charge in [-0.3, -0.25) is 4.79 Å². The average molecular weight is 186 g/mol. The molecular formula is C9H18N2O2. The van der Waals surface area contributed by atoms with Crippen molar-refractivity contribution in [3.63, 3.8) is 0 Å². The molecule has 0 bridgehead atoms. The van der Waals surface area contributed by atoms with Crippen molar-refractivity contribution in [1.29, 1.82) is 0 Å². The van der Waals surface area contributed by atoms with Crippen LogP contribution in [-0.4, -0.2) is 40.6 Å². The van der Waals surface area contributed by atoms with Gasteiger partial charge in [-0.2, -0.15) is 0 Å². The molecule has 3 N–H and O–H groups in total. The summed E-state index contributed by atoms with van der Waals surface area (Å²) < 4.78 is 0. The molecule has 13 heavy (non-hydrogen) atoms. The van der Waals surface area contributed by atoms with Crippen molar-refractivity contribution in [2.45, 2.75) is 44.9 Å². The summed E-state index contributed by atoms with van der Waals surface area (Å²) in [4.78, 5) is 13.4. The van der Waals surface area contributed by atoms with Crippen molar-refractivity contribution >= 4 is 5.91 Å². The fourth-order valence-electron chi connectivity index (χ4n) is 1.66. The molecule has 1 aliphatic rings. The highest BCUT2D eigenvalue weighted by Gasteiger charge is 2.30. The zero-order chi connectivity index (χ0) is 10.0. The smallest absolute Gasteiger partial charge is 0.242 e. The van der Waals surface area contributed by atoms with Crippen LogP contribution in [0.1, 0.15) is 26.7 Å². The van der Waals surface area contributed by atoms with E-state index in [0.29, 0.717) is 0 Å². The second-order valence-corrected chi connectivity index (χ2v) is 3.79. The van der Waals surface area contributed by atoms with Crippen LogP contribution < -0.4 is 5.73 Å². The van der Waals surface area contributed by atoms with Gasteiger partial charge >= 0.3 is 0 Å². The lowest BCUT2D eigenvalue weighted by atomic mass is 10.1. The summed E-state index contributed by atoms with van der Waals surface area (Å²) in [5.41, 5.74) is 5.56. The van der Waals surface area contributed by atoms with Crippen LogP contribution in [0.2, 0.25) is 0 Å². The molecule has 1 aliphatic heterocycles. The molecule has 1 heterocycles. The Labute approximate surface area is 78.7 Å². The fraction of sp³-hybridized carbons (Fsp3) is 0.889. The van der Waals surface area contributed by atoms with E-state index in [2.05, 4.69) is 0 Å². The van der Waals surface area contributed by atoms with Gasteiger partial charge in [0.1, 0.15) is 6.04 Å². The summed E-state index contributed by atoms with van der Waals surface area (Å²) >= 11 is 0. The largest absolute Gasteiger partial charge is 0.391 e. The SMILES string of the molecule is CC(O)C(N)C(=O)N1CCCC1C. The second-order valence-electron chi connectivity index (χ2n) is 3.79. The van der Waals surface area contributed by atoms with E-state index < -0.39 is 12.1 Å². The van der Waals surface area contributed by atoms with E-state index in [4.69, 9.17) is 10.8 Å². The molecule has 76 valence electrons. The number of carbonyl (C=O) groups excluding carboxylic acids is 1. The Morgan fingerprint density at radius 2 is 2.31 bits per heavy atom. The Bertz CT molecular complexity index is 194. The molecule has 1 rings (SSSR count). The normalized spacial score (nSPS) is 27.4. The third kappa shape index (κ3) is 2.19. The van der Waals surface area contributed by atoms with E-state index in [1.807, 2.05) is 6.92 Å². The van der Waals surface area contributed by atoms with Crippen LogP contribution in [0.5, 0.6) is 0 Å². The summed E-state index contributed by atoms with van der Waals surface area (Å²) in [5.74, 6) is -0.125. The average Bonchev–Trinajstić information content (AvgIpc) is 2.48. The summed E-state index contributed by atoms with van der Waals surface area (Å²) in [5, 5.41) is 9.17. The van der Waals surface area contributed by atoms with Gasteiger partial charge in [-0.15, -0.1) is 0 Å². The molecule has 0 spiro atoms. The topological polar surface area (TPSA) is 66.6 Å². The van der Waals surface area contributed by atoms with Crippen LogP contribution in [-0.2, 0) is 4.79 Å². The Morgan fingerprint density at radius 1 is 1.69 bits per heavy atom. The molecule has 1 fully saturated rings. The molecule has 0 saturated carbocycles. The number of amides is 1. The van der Waals surface area contributed by atoms with Gasteiger partial charge in [-0.05, 0) is 26.7 Å². The summed E-state index contributed by atoms with van der Waals surface area (Å²) in [6.07, 6.45) is 1.32. The van der Waals surface area contributed by atoms with Gasteiger partial charge in [-0.25, -0.2) is 0 Å². The monoisotopic (exact) mass is 186 g/mol. The van der Waals surface area contributed by atoms with Crippen molar-refractivity contribution in [3.8, 4) is 0 Å². The van der Waals surface area contributed by atoms with Crippen molar-refractivity contribution in [2.75, 3.05) is 6.54 Å². The number of aliphatic hydroxyl groups excluding tert-OH is 1. The maximum Gasteiger partial charge on any atom is 0.242 e. The molecule has 0 aliphatic carbocycles. The maximum atomic E-state index is 11.6. The van der Waals surface area contributed by atoms with Crippen LogP contribution in [0.25, 0.3) is 0 Å². The number of aliphatic hydroxyl groups is 1. The third-order valence-corrected chi connectivity index (χ3v) is 2.64. The number of nitrogens with zero attached hydrogens (tertiary/aromatic N) is 1. The number of nitrogens with two attached hydrogens (primary N) is 1. The Balaban J connectivity index is 2.56. The van der Waals surface area contributed by atoms with E-state index in [-0.39, 0.29) is 11.9 Å². The minimum Gasteiger partial charge on any atom is -0.391 e. The highest BCUT2D eigenvalue weighted by Crippen LogP contribution is 2.17. The van der Waals surface area contributed by atoms with E-state index in [0.717, 1.165) is 19.4 Å². The number of hydrogen-bond donors (Lipinski definition) is 2. The molecule has 4 heteroatoms. The quantitative estimate of drug-likeness (QED) is 0.622. The van der Waals surface area contributed by atoms with Gasteiger partial charge in [0.2, 0.25) is 5.91 Å². The first-order valence-corrected chi connectivity index (χ1v) is 4.78. The molecule has 3 atom stereocenters. The standard InChI is InChI=1S/C9H18N2O2/c1-6-4-3-5-11(6)9(13)8(10)7(2)12/h6-8,12H,3-5,10H2,1-2H3. The van der Waals surface area contributed by atoms with Crippen LogP contribution in [0.3, 0.4) is 0 Å². The van der Waals surface area contributed by atoms with Crippen molar-refractivity contribution in [1.82, 2.24) is 4.90 Å². The molecule has 0 aromatic rings. The zero-order valence-corrected chi connectivity index (χ0v) is 8.23. The molecule has 4 nitrogen and oxygen atoms in total. The van der Waals surface area contributed by atoms with Gasteiger partial charge in [0.05, 0.1) is 6.10 Å². The fourth-order valence-corrected chi connectivity index (χ4v) is 1.66. The molecular weight excluding hydrogens is 168 g/mol. The number of rotatable bonds is 2. The predicted octanol–water partition coefficient (Wildman–Crippen LogP) is -0.295. The van der Waals surface area contributed by atoms with Crippen molar-refractivity contribution < 1.29 is 9.90 Å². The summed E-state index contributed by atoms with van der Waals surface area (Å²) in [6, 6.07) is -0.488. The van der Waals surface area contributed by atoms with Crippen LogP contribution in [0, 0.1) is 0 Å². The van der Waals surface area contributed by atoms with Gasteiger partial charge in [0.15, 0.2) is 0 Å². The lowest BCUT2D eigenvalue weighted by molar-refractivity contribution is -0.135. The Morgan fingerprint density at radius 3 is 2.69 bits per heavy atom.